The van der Waals surface area contributed by atoms with Crippen molar-refractivity contribution in [2.24, 2.45) is 5.92 Å². The van der Waals surface area contributed by atoms with Gasteiger partial charge in [0.1, 0.15) is 0 Å². The SMILES string of the molecule is CCOC(=O)C1CCCN(C(=O)C(C)N2CCN(Cc3ccc(C#N)cc3)CC2)C1. The number of carbonyl (C=O) groups is 2. The number of rotatable bonds is 6. The predicted molar refractivity (Wildman–Crippen MR) is 113 cm³/mol. The van der Waals surface area contributed by atoms with E-state index in [1.54, 1.807) is 0 Å². The second kappa shape index (κ2) is 10.6. The van der Waals surface area contributed by atoms with Crippen molar-refractivity contribution in [1.29, 1.82) is 5.26 Å². The number of nitriles is 1. The van der Waals surface area contributed by atoms with E-state index in [0.29, 0.717) is 18.7 Å². The molecule has 1 amide bonds. The topological polar surface area (TPSA) is 76.9 Å². The van der Waals surface area contributed by atoms with Gasteiger partial charge in [0.25, 0.3) is 0 Å². The van der Waals surface area contributed by atoms with Gasteiger partial charge in [-0.1, -0.05) is 12.1 Å². The Hall–Kier alpha value is -2.43. The standard InChI is InChI=1S/C23H32N4O3/c1-3-30-23(29)21-5-4-10-27(17-21)22(28)18(2)26-13-11-25(12-14-26)16-20-8-6-19(15-24)7-9-20/h6-9,18,21H,3-5,10-14,16-17H2,1-2H3. The molecular weight excluding hydrogens is 380 g/mol. The molecule has 7 heteroatoms. The van der Waals surface area contributed by atoms with E-state index in [-0.39, 0.29) is 23.8 Å². The molecule has 0 aromatic heterocycles. The first-order chi connectivity index (χ1) is 14.5. The normalized spacial score (nSPS) is 21.6. The molecule has 1 aromatic carbocycles. The third-order valence-corrected chi connectivity index (χ3v) is 6.15. The lowest BCUT2D eigenvalue weighted by atomic mass is 9.97. The van der Waals surface area contributed by atoms with Gasteiger partial charge in [0.15, 0.2) is 0 Å². The first kappa shape index (κ1) is 22.3. The van der Waals surface area contributed by atoms with Crippen molar-refractivity contribution in [3.63, 3.8) is 0 Å². The number of hydrogen-bond donors (Lipinski definition) is 0. The van der Waals surface area contributed by atoms with Crippen LogP contribution in [0.5, 0.6) is 0 Å². The molecule has 0 bridgehead atoms. The van der Waals surface area contributed by atoms with Crippen molar-refractivity contribution >= 4 is 11.9 Å². The summed E-state index contributed by atoms with van der Waals surface area (Å²) >= 11 is 0. The molecule has 1 aromatic rings. The van der Waals surface area contributed by atoms with Gasteiger partial charge in [0, 0.05) is 45.8 Å². The third-order valence-electron chi connectivity index (χ3n) is 6.15. The van der Waals surface area contributed by atoms with Gasteiger partial charge in [0.2, 0.25) is 5.91 Å². The van der Waals surface area contributed by atoms with Crippen LogP contribution in [0.4, 0.5) is 0 Å². The zero-order valence-corrected chi connectivity index (χ0v) is 18.0. The molecule has 0 saturated carbocycles. The lowest BCUT2D eigenvalue weighted by Gasteiger charge is -2.40. The Balaban J connectivity index is 1.48. The predicted octanol–water partition coefficient (Wildman–Crippen LogP) is 1.87. The van der Waals surface area contributed by atoms with Crippen molar-refractivity contribution in [2.75, 3.05) is 45.9 Å². The van der Waals surface area contributed by atoms with Crippen LogP contribution in [0.2, 0.25) is 0 Å². The maximum Gasteiger partial charge on any atom is 0.310 e. The Morgan fingerprint density at radius 2 is 1.87 bits per heavy atom. The zero-order valence-electron chi connectivity index (χ0n) is 18.0. The summed E-state index contributed by atoms with van der Waals surface area (Å²) in [7, 11) is 0. The van der Waals surface area contributed by atoms with Crippen LogP contribution >= 0.6 is 0 Å². The van der Waals surface area contributed by atoms with Crippen molar-refractivity contribution in [2.45, 2.75) is 39.3 Å². The molecule has 162 valence electrons. The number of ether oxygens (including phenoxy) is 1. The van der Waals surface area contributed by atoms with Gasteiger partial charge in [-0.05, 0) is 44.4 Å². The van der Waals surface area contributed by atoms with E-state index in [1.165, 1.54) is 5.56 Å². The van der Waals surface area contributed by atoms with Gasteiger partial charge >= 0.3 is 5.97 Å². The van der Waals surface area contributed by atoms with Crippen LogP contribution in [-0.2, 0) is 20.9 Å². The van der Waals surface area contributed by atoms with Crippen molar-refractivity contribution in [1.82, 2.24) is 14.7 Å². The summed E-state index contributed by atoms with van der Waals surface area (Å²) in [5.41, 5.74) is 1.88. The molecule has 0 radical (unpaired) electrons. The molecule has 2 saturated heterocycles. The highest BCUT2D eigenvalue weighted by Gasteiger charge is 2.33. The average Bonchev–Trinajstić information content (AvgIpc) is 2.79. The van der Waals surface area contributed by atoms with E-state index >= 15 is 0 Å². The van der Waals surface area contributed by atoms with Gasteiger partial charge in [-0.2, -0.15) is 5.26 Å². The highest BCUT2D eigenvalue weighted by Crippen LogP contribution is 2.20. The summed E-state index contributed by atoms with van der Waals surface area (Å²) < 4.78 is 5.15. The minimum absolute atomic E-state index is 0.115. The monoisotopic (exact) mass is 412 g/mol. The maximum absolute atomic E-state index is 13.0. The summed E-state index contributed by atoms with van der Waals surface area (Å²) in [6.07, 6.45) is 1.64. The Kier molecular flexibility index (Phi) is 7.83. The molecule has 0 aliphatic carbocycles. The van der Waals surface area contributed by atoms with Crippen molar-refractivity contribution in [3.05, 3.63) is 35.4 Å². The van der Waals surface area contributed by atoms with Gasteiger partial charge < -0.3 is 9.64 Å². The van der Waals surface area contributed by atoms with Gasteiger partial charge in [-0.3, -0.25) is 19.4 Å². The fourth-order valence-corrected chi connectivity index (χ4v) is 4.30. The smallest absolute Gasteiger partial charge is 0.310 e. The summed E-state index contributed by atoms with van der Waals surface area (Å²) in [4.78, 5) is 31.6. The lowest BCUT2D eigenvalue weighted by molar-refractivity contribution is -0.152. The highest BCUT2D eigenvalue weighted by molar-refractivity contribution is 5.82. The summed E-state index contributed by atoms with van der Waals surface area (Å²) in [5.74, 6) is -0.261. The number of amides is 1. The van der Waals surface area contributed by atoms with E-state index < -0.39 is 0 Å². The molecule has 2 aliphatic rings. The summed E-state index contributed by atoms with van der Waals surface area (Å²) in [6, 6.07) is 9.70. The zero-order chi connectivity index (χ0) is 21.5. The summed E-state index contributed by atoms with van der Waals surface area (Å²) in [6.45, 7) is 9.72. The lowest BCUT2D eigenvalue weighted by Crippen LogP contribution is -2.55. The van der Waals surface area contributed by atoms with Crippen LogP contribution in [0.1, 0.15) is 37.8 Å². The minimum atomic E-state index is -0.195. The number of likely N-dealkylation sites (tertiary alicyclic amines) is 1. The number of esters is 1. The molecule has 30 heavy (non-hydrogen) atoms. The highest BCUT2D eigenvalue weighted by atomic mass is 16.5. The number of piperazine rings is 1. The molecule has 2 heterocycles. The number of hydrogen-bond acceptors (Lipinski definition) is 6. The van der Waals surface area contributed by atoms with Crippen molar-refractivity contribution < 1.29 is 14.3 Å². The molecule has 7 nitrogen and oxygen atoms in total. The minimum Gasteiger partial charge on any atom is -0.466 e. The molecular formula is C23H32N4O3. The Bertz CT molecular complexity index is 766. The fourth-order valence-electron chi connectivity index (χ4n) is 4.30. The van der Waals surface area contributed by atoms with Crippen molar-refractivity contribution in [3.8, 4) is 6.07 Å². The fraction of sp³-hybridized carbons (Fsp3) is 0.609. The molecule has 3 rings (SSSR count). The molecule has 0 spiro atoms. The largest absolute Gasteiger partial charge is 0.466 e. The number of carbonyl (C=O) groups excluding carboxylic acids is 2. The van der Waals surface area contributed by atoms with Crippen LogP contribution in [0.3, 0.4) is 0 Å². The Morgan fingerprint density at radius 1 is 1.17 bits per heavy atom. The average molecular weight is 413 g/mol. The second-order valence-electron chi connectivity index (χ2n) is 8.17. The second-order valence-corrected chi connectivity index (χ2v) is 8.17. The van der Waals surface area contributed by atoms with E-state index in [9.17, 15) is 9.59 Å². The van der Waals surface area contributed by atoms with Crippen LogP contribution in [0.15, 0.2) is 24.3 Å². The number of piperidine rings is 1. The van der Waals surface area contributed by atoms with E-state index in [2.05, 4.69) is 15.9 Å². The molecule has 2 aliphatic heterocycles. The molecule has 0 N–H and O–H groups in total. The Labute approximate surface area is 179 Å². The van der Waals surface area contributed by atoms with Crippen LogP contribution in [0, 0.1) is 17.2 Å². The van der Waals surface area contributed by atoms with Gasteiger partial charge in [-0.25, -0.2) is 0 Å². The molecule has 2 atom stereocenters. The Morgan fingerprint density at radius 3 is 2.50 bits per heavy atom. The van der Waals surface area contributed by atoms with Gasteiger partial charge in [-0.15, -0.1) is 0 Å². The van der Waals surface area contributed by atoms with Gasteiger partial charge in [0.05, 0.1) is 30.2 Å². The first-order valence-corrected chi connectivity index (χ1v) is 10.9. The van der Waals surface area contributed by atoms with E-state index in [0.717, 1.165) is 52.1 Å². The number of benzene rings is 1. The molecule has 2 fully saturated rings. The quantitative estimate of drug-likeness (QED) is 0.664. The van der Waals surface area contributed by atoms with Crippen LogP contribution in [-0.4, -0.2) is 78.5 Å². The first-order valence-electron chi connectivity index (χ1n) is 10.9. The molecule has 2 unspecified atom stereocenters. The summed E-state index contributed by atoms with van der Waals surface area (Å²) in [5, 5.41) is 8.92. The maximum atomic E-state index is 13.0. The van der Waals surface area contributed by atoms with Crippen LogP contribution < -0.4 is 0 Å². The van der Waals surface area contributed by atoms with E-state index in [4.69, 9.17) is 10.00 Å². The number of nitrogens with zero attached hydrogens (tertiary/aromatic N) is 4. The third kappa shape index (κ3) is 5.59. The van der Waals surface area contributed by atoms with Crippen LogP contribution in [0.25, 0.3) is 0 Å². The van der Waals surface area contributed by atoms with E-state index in [1.807, 2.05) is 43.0 Å².